The van der Waals surface area contributed by atoms with E-state index in [1.165, 1.54) is 146 Å². The van der Waals surface area contributed by atoms with Crippen molar-refractivity contribution in [3.05, 3.63) is 0 Å². The van der Waals surface area contributed by atoms with E-state index in [0.717, 1.165) is 0 Å². The van der Waals surface area contributed by atoms with Gasteiger partial charge in [0.1, 0.15) is 0 Å². The van der Waals surface area contributed by atoms with Gasteiger partial charge in [-0.05, 0) is 25.7 Å². The monoisotopic (exact) mass is 414 g/mol. The summed E-state index contributed by atoms with van der Waals surface area (Å²) in [7, 11) is 4.89. The first-order valence-corrected chi connectivity index (χ1v) is 12.9. The summed E-state index contributed by atoms with van der Waals surface area (Å²) in [6, 6.07) is 0. The molecule has 0 aliphatic carbocycles. The van der Waals surface area contributed by atoms with E-state index in [1.807, 2.05) is 0 Å². The maximum Gasteiger partial charge on any atom is 0.0782 e. The van der Waals surface area contributed by atoms with Crippen LogP contribution in [-0.4, -0.2) is 31.7 Å². The first-order chi connectivity index (χ1) is 13.1. The second kappa shape index (κ2) is 23.6. The van der Waals surface area contributed by atoms with E-state index in [9.17, 15) is 0 Å². The highest BCUT2D eigenvalue weighted by Crippen LogP contribution is 2.14. The number of quaternary nitrogens is 1. The Hall–Kier alpha value is 0.310. The minimum Gasteiger partial charge on any atom is -2.00 e. The predicted molar refractivity (Wildman–Crippen MR) is 133 cm³/mol. The van der Waals surface area contributed by atoms with Crippen molar-refractivity contribution in [1.82, 2.24) is 0 Å². The Balaban J connectivity index is 0. The second-order valence-electron chi connectivity index (χ2n) is 9.75. The van der Waals surface area contributed by atoms with E-state index in [1.54, 1.807) is 0 Å². The molecule has 2 heteroatoms. The van der Waals surface area contributed by atoms with Crippen LogP contribution in [0, 0.1) is 0 Å². The number of hydrogen-bond donors (Lipinski definition) is 0. The summed E-state index contributed by atoms with van der Waals surface area (Å²) in [6.45, 7) is 7.37. The summed E-state index contributed by atoms with van der Waals surface area (Å²) in [5, 5.41) is 0. The summed E-state index contributed by atoms with van der Waals surface area (Å²) in [4.78, 5) is 0. The van der Waals surface area contributed by atoms with Crippen molar-refractivity contribution in [2.75, 3.05) is 27.2 Å². The molecule has 0 unspecified atom stereocenters. The molecule has 0 aliphatic heterocycles. The van der Waals surface area contributed by atoms with Gasteiger partial charge in [0.05, 0.1) is 27.2 Å². The maximum absolute atomic E-state index is 2.45. The van der Waals surface area contributed by atoms with Crippen LogP contribution in [0.1, 0.15) is 142 Å². The molecule has 1 nitrogen and oxygen atoms in total. The van der Waals surface area contributed by atoms with E-state index in [-0.39, 0.29) is 13.5 Å². The molecule has 28 heavy (non-hydrogen) atoms. The van der Waals surface area contributed by atoms with E-state index >= 15 is 0 Å². The van der Waals surface area contributed by atoms with Crippen LogP contribution < -0.4 is 0 Å². The molecule has 0 atom stereocenters. The number of rotatable bonds is 22. The van der Waals surface area contributed by atoms with Gasteiger partial charge in [0.2, 0.25) is 0 Å². The predicted octanol–water partition coefficient (Wildman–Crippen LogP) is 8.90. The number of hydrogen-bond acceptors (Lipinski definition) is 0. The molecular formula is C26H56NS-. The highest BCUT2D eigenvalue weighted by atomic mass is 32.1. The molecule has 0 saturated carbocycles. The molecular weight excluding hydrogens is 358 g/mol. The standard InChI is InChI=1S/C26H56N.S/c1-5-7-9-11-13-15-17-19-21-23-25-27(3,4)26-24-22-20-18-16-14-12-10-8-6-2;/h5-26H2,1-4H3;/q+1;-2. The summed E-state index contributed by atoms with van der Waals surface area (Å²) >= 11 is 0. The minimum absolute atomic E-state index is 0. The Morgan fingerprint density at radius 2 is 0.571 bits per heavy atom. The lowest BCUT2D eigenvalue weighted by atomic mass is 10.1. The third kappa shape index (κ3) is 24.3. The van der Waals surface area contributed by atoms with Gasteiger partial charge < -0.3 is 18.0 Å². The van der Waals surface area contributed by atoms with Crippen LogP contribution in [0.4, 0.5) is 0 Å². The fraction of sp³-hybridized carbons (Fsp3) is 1.00. The third-order valence-electron chi connectivity index (χ3n) is 6.23. The molecule has 0 amide bonds. The fourth-order valence-electron chi connectivity index (χ4n) is 4.17. The third-order valence-corrected chi connectivity index (χ3v) is 6.23. The van der Waals surface area contributed by atoms with E-state index in [4.69, 9.17) is 0 Å². The van der Waals surface area contributed by atoms with Gasteiger partial charge in [-0.1, -0.05) is 117 Å². The van der Waals surface area contributed by atoms with Crippen molar-refractivity contribution in [3.63, 3.8) is 0 Å². The first-order valence-electron chi connectivity index (χ1n) is 12.9. The Labute approximate surface area is 187 Å². The van der Waals surface area contributed by atoms with Gasteiger partial charge in [0, 0.05) is 0 Å². The SMILES string of the molecule is CCCCCCCCCCCC[N+](C)(C)CCCCCCCCCCCC.[S-2]. The van der Waals surface area contributed by atoms with E-state index in [2.05, 4.69) is 27.9 Å². The van der Waals surface area contributed by atoms with E-state index < -0.39 is 0 Å². The lowest BCUT2D eigenvalue weighted by Gasteiger charge is -2.30. The molecule has 0 saturated heterocycles. The zero-order valence-corrected chi connectivity index (χ0v) is 21.2. The van der Waals surface area contributed by atoms with Crippen molar-refractivity contribution in [2.45, 2.75) is 142 Å². The van der Waals surface area contributed by atoms with Crippen LogP contribution in [0.5, 0.6) is 0 Å². The second-order valence-corrected chi connectivity index (χ2v) is 9.75. The van der Waals surface area contributed by atoms with Crippen molar-refractivity contribution in [3.8, 4) is 0 Å². The van der Waals surface area contributed by atoms with Crippen molar-refractivity contribution >= 4 is 13.5 Å². The lowest BCUT2D eigenvalue weighted by molar-refractivity contribution is -0.890. The quantitative estimate of drug-likeness (QED) is 0.122. The Bertz CT molecular complexity index is 252. The molecule has 0 aliphatic rings. The molecule has 0 heterocycles. The summed E-state index contributed by atoms with van der Waals surface area (Å²) in [5.41, 5.74) is 0. The minimum atomic E-state index is 0. The highest BCUT2D eigenvalue weighted by Gasteiger charge is 2.13. The Morgan fingerprint density at radius 1 is 0.357 bits per heavy atom. The topological polar surface area (TPSA) is 0 Å². The Kier molecular flexibility index (Phi) is 25.7. The molecule has 0 aromatic heterocycles. The van der Waals surface area contributed by atoms with Crippen molar-refractivity contribution in [1.29, 1.82) is 0 Å². The highest BCUT2D eigenvalue weighted by molar-refractivity contribution is 7.37. The van der Waals surface area contributed by atoms with Crippen LogP contribution in [0.15, 0.2) is 0 Å². The van der Waals surface area contributed by atoms with Gasteiger partial charge in [0.25, 0.3) is 0 Å². The largest absolute Gasteiger partial charge is 2.00 e. The van der Waals surface area contributed by atoms with Crippen LogP contribution in [0.2, 0.25) is 0 Å². The normalized spacial score (nSPS) is 11.6. The number of unbranched alkanes of at least 4 members (excludes halogenated alkanes) is 18. The average Bonchev–Trinajstić information content (AvgIpc) is 2.64. The van der Waals surface area contributed by atoms with Crippen molar-refractivity contribution in [2.24, 2.45) is 0 Å². The van der Waals surface area contributed by atoms with Gasteiger partial charge in [-0.25, -0.2) is 0 Å². The zero-order chi connectivity index (χ0) is 20.1. The zero-order valence-electron chi connectivity index (χ0n) is 20.4. The molecule has 0 bridgehead atoms. The molecule has 0 fully saturated rings. The average molecular weight is 415 g/mol. The molecule has 172 valence electrons. The molecule has 0 rings (SSSR count). The van der Waals surface area contributed by atoms with Gasteiger partial charge >= 0.3 is 0 Å². The Morgan fingerprint density at radius 3 is 0.821 bits per heavy atom. The molecule has 0 radical (unpaired) electrons. The van der Waals surface area contributed by atoms with Gasteiger partial charge in [-0.2, -0.15) is 0 Å². The first kappa shape index (κ1) is 30.5. The lowest BCUT2D eigenvalue weighted by Crippen LogP contribution is -2.41. The van der Waals surface area contributed by atoms with Crippen LogP contribution in [0.3, 0.4) is 0 Å². The summed E-state index contributed by atoms with van der Waals surface area (Å²) in [5.74, 6) is 0. The van der Waals surface area contributed by atoms with E-state index in [0.29, 0.717) is 0 Å². The fourth-order valence-corrected chi connectivity index (χ4v) is 4.17. The van der Waals surface area contributed by atoms with Crippen LogP contribution in [0.25, 0.3) is 0 Å². The van der Waals surface area contributed by atoms with Crippen molar-refractivity contribution < 1.29 is 4.48 Å². The van der Waals surface area contributed by atoms with Gasteiger partial charge in [-0.15, -0.1) is 0 Å². The molecule has 0 aromatic rings. The summed E-state index contributed by atoms with van der Waals surface area (Å²) in [6.07, 6.45) is 29.0. The van der Waals surface area contributed by atoms with Crippen LogP contribution >= 0.6 is 0 Å². The number of nitrogens with zero attached hydrogens (tertiary/aromatic N) is 1. The van der Waals surface area contributed by atoms with Crippen LogP contribution in [-0.2, 0) is 13.5 Å². The maximum atomic E-state index is 2.45. The molecule has 0 N–H and O–H groups in total. The molecule has 0 spiro atoms. The summed E-state index contributed by atoms with van der Waals surface area (Å²) < 4.78 is 1.24. The van der Waals surface area contributed by atoms with Gasteiger partial charge in [0.15, 0.2) is 0 Å². The molecule has 0 aromatic carbocycles. The van der Waals surface area contributed by atoms with Gasteiger partial charge in [-0.3, -0.25) is 0 Å². The smallest absolute Gasteiger partial charge is 0.0782 e.